The molecule has 1 unspecified atom stereocenters. The Morgan fingerprint density at radius 1 is 1.06 bits per heavy atom. The van der Waals surface area contributed by atoms with Crippen LogP contribution in [-0.2, 0) is 4.74 Å². The zero-order chi connectivity index (χ0) is 13.8. The summed E-state index contributed by atoms with van der Waals surface area (Å²) in [4.78, 5) is 0. The Labute approximate surface area is 101 Å². The smallest absolute Gasteiger partial charge is 0.324 e. The fourth-order valence-corrected chi connectivity index (χ4v) is 1.79. The molecule has 5 atom stereocenters. The normalized spacial score (nSPS) is 21.4. The molecule has 0 saturated heterocycles. The number of ether oxygens (including phenoxy) is 1. The molecule has 5 heteroatoms. The summed E-state index contributed by atoms with van der Waals surface area (Å²) in [5, 5.41) is 0. The maximum absolute atomic E-state index is 12.1. The monoisotopic (exact) mass is 253 g/mol. The summed E-state index contributed by atoms with van der Waals surface area (Å²) in [5.41, 5.74) is 5.80. The van der Waals surface area contributed by atoms with E-state index in [9.17, 15) is 13.2 Å². The molecule has 0 aliphatic carbocycles. The lowest BCUT2D eigenvalue weighted by atomic mass is 9.79. The fraction of sp³-hybridized carbons (Fsp3) is 0.833. The first-order chi connectivity index (χ1) is 7.60. The molecule has 0 fully saturated rings. The highest BCUT2D eigenvalue weighted by molar-refractivity contribution is 4.90. The highest BCUT2D eigenvalue weighted by Gasteiger charge is 2.36. The predicted octanol–water partition coefficient (Wildman–Crippen LogP) is 3.33. The Morgan fingerprint density at radius 2 is 1.53 bits per heavy atom. The summed E-state index contributed by atoms with van der Waals surface area (Å²) in [7, 11) is 0. The van der Waals surface area contributed by atoms with Crippen LogP contribution in [0.15, 0.2) is 12.7 Å². The van der Waals surface area contributed by atoms with Crippen molar-refractivity contribution in [2.24, 2.45) is 23.5 Å². The molecule has 102 valence electrons. The van der Waals surface area contributed by atoms with E-state index in [0.717, 1.165) is 0 Å². The van der Waals surface area contributed by atoms with Crippen molar-refractivity contribution in [1.29, 1.82) is 0 Å². The predicted molar refractivity (Wildman–Crippen MR) is 62.3 cm³/mol. The number of rotatable bonds is 6. The lowest BCUT2D eigenvalue weighted by Crippen LogP contribution is -2.38. The summed E-state index contributed by atoms with van der Waals surface area (Å²) >= 11 is 0. The van der Waals surface area contributed by atoms with Crippen LogP contribution < -0.4 is 5.73 Å². The van der Waals surface area contributed by atoms with Crippen LogP contribution in [0, 0.1) is 17.8 Å². The van der Waals surface area contributed by atoms with Crippen LogP contribution in [0.4, 0.5) is 13.2 Å². The highest BCUT2D eigenvalue weighted by Crippen LogP contribution is 2.30. The van der Waals surface area contributed by atoms with Gasteiger partial charge in [-0.2, -0.15) is 0 Å². The van der Waals surface area contributed by atoms with E-state index in [1.54, 1.807) is 13.0 Å². The van der Waals surface area contributed by atoms with Gasteiger partial charge in [0.15, 0.2) is 0 Å². The molecule has 0 aromatic rings. The molecule has 0 aliphatic heterocycles. The van der Waals surface area contributed by atoms with Gasteiger partial charge < -0.3 is 5.73 Å². The van der Waals surface area contributed by atoms with Crippen molar-refractivity contribution < 1.29 is 17.9 Å². The Balaban J connectivity index is 4.48. The summed E-state index contributed by atoms with van der Waals surface area (Å²) < 4.78 is 40.3. The van der Waals surface area contributed by atoms with Crippen molar-refractivity contribution in [3.05, 3.63) is 12.7 Å². The zero-order valence-corrected chi connectivity index (χ0v) is 10.8. The topological polar surface area (TPSA) is 35.2 Å². The Kier molecular flexibility index (Phi) is 6.19. The molecule has 0 spiro atoms. The largest absolute Gasteiger partial charge is 0.522 e. The van der Waals surface area contributed by atoms with Crippen LogP contribution in [-0.4, -0.2) is 18.5 Å². The molecule has 2 nitrogen and oxygen atoms in total. The van der Waals surface area contributed by atoms with E-state index < -0.39 is 12.5 Å². The van der Waals surface area contributed by atoms with Crippen LogP contribution in [0.5, 0.6) is 0 Å². The van der Waals surface area contributed by atoms with Gasteiger partial charge in [-0.05, 0) is 24.7 Å². The van der Waals surface area contributed by atoms with Gasteiger partial charge in [-0.3, -0.25) is 4.74 Å². The maximum Gasteiger partial charge on any atom is 0.522 e. The van der Waals surface area contributed by atoms with E-state index in [1.807, 2.05) is 13.8 Å². The second-order valence-electron chi connectivity index (χ2n) is 4.66. The van der Waals surface area contributed by atoms with Gasteiger partial charge in [0.1, 0.15) is 0 Å². The van der Waals surface area contributed by atoms with Gasteiger partial charge in [-0.15, -0.1) is 19.8 Å². The van der Waals surface area contributed by atoms with E-state index in [-0.39, 0.29) is 23.8 Å². The van der Waals surface area contributed by atoms with Crippen LogP contribution in [0.2, 0.25) is 0 Å². The maximum atomic E-state index is 12.1. The highest BCUT2D eigenvalue weighted by atomic mass is 19.4. The van der Waals surface area contributed by atoms with E-state index >= 15 is 0 Å². The van der Waals surface area contributed by atoms with Crippen molar-refractivity contribution in [3.63, 3.8) is 0 Å². The van der Waals surface area contributed by atoms with Gasteiger partial charge in [-0.25, -0.2) is 0 Å². The number of nitrogens with two attached hydrogens (primary N) is 1. The minimum absolute atomic E-state index is 0.0142. The van der Waals surface area contributed by atoms with Crippen molar-refractivity contribution >= 4 is 0 Å². The standard InChI is InChI=1S/C12H22F3NO/c1-6-11(16)9(4)7(2)8(3)10(5)17-12(13,14)15/h6-11H,1,16H2,2-5H3/t7-,8+,9-,10-,11?/m1/s1. The van der Waals surface area contributed by atoms with Crippen molar-refractivity contribution in [1.82, 2.24) is 0 Å². The quantitative estimate of drug-likeness (QED) is 0.737. The van der Waals surface area contributed by atoms with Crippen molar-refractivity contribution in [3.8, 4) is 0 Å². The molecule has 0 aromatic heterocycles. The van der Waals surface area contributed by atoms with Gasteiger partial charge in [-0.1, -0.05) is 26.8 Å². The molecule has 0 heterocycles. The SMILES string of the molecule is C=CC(N)[C@H](C)[C@H](C)[C@H](C)[C@@H](C)OC(F)(F)F. The number of halogens is 3. The minimum Gasteiger partial charge on any atom is -0.324 e. The number of alkyl halides is 3. The van der Waals surface area contributed by atoms with Gasteiger partial charge in [0.05, 0.1) is 6.10 Å². The third-order valence-electron chi connectivity index (χ3n) is 3.60. The lowest BCUT2D eigenvalue weighted by molar-refractivity contribution is -0.347. The Bertz CT molecular complexity index is 242. The van der Waals surface area contributed by atoms with E-state index in [4.69, 9.17) is 5.73 Å². The molecule has 2 N–H and O–H groups in total. The molecule has 0 aliphatic rings. The lowest BCUT2D eigenvalue weighted by Gasteiger charge is -2.32. The first-order valence-corrected chi connectivity index (χ1v) is 5.72. The van der Waals surface area contributed by atoms with E-state index in [1.165, 1.54) is 6.92 Å². The molecule has 0 rings (SSSR count). The number of hydrogen-bond donors (Lipinski definition) is 1. The second-order valence-corrected chi connectivity index (χ2v) is 4.66. The van der Waals surface area contributed by atoms with Crippen LogP contribution in [0.25, 0.3) is 0 Å². The second kappa shape index (κ2) is 6.40. The molecule has 0 amide bonds. The summed E-state index contributed by atoms with van der Waals surface area (Å²) in [6.45, 7) is 10.6. The third-order valence-corrected chi connectivity index (χ3v) is 3.60. The van der Waals surface area contributed by atoms with Gasteiger partial charge >= 0.3 is 6.36 Å². The van der Waals surface area contributed by atoms with E-state index in [0.29, 0.717) is 0 Å². The van der Waals surface area contributed by atoms with E-state index in [2.05, 4.69) is 11.3 Å². The van der Waals surface area contributed by atoms with Crippen molar-refractivity contribution in [2.45, 2.75) is 46.2 Å². The van der Waals surface area contributed by atoms with Crippen molar-refractivity contribution in [2.75, 3.05) is 0 Å². The first-order valence-electron chi connectivity index (χ1n) is 5.72. The van der Waals surface area contributed by atoms with Crippen LogP contribution in [0.3, 0.4) is 0 Å². The zero-order valence-electron chi connectivity index (χ0n) is 10.8. The molecular weight excluding hydrogens is 231 g/mol. The molecular formula is C12H22F3NO. The van der Waals surface area contributed by atoms with Gasteiger partial charge in [0.2, 0.25) is 0 Å². The summed E-state index contributed by atoms with van der Waals surface area (Å²) in [6.07, 6.45) is -3.86. The van der Waals surface area contributed by atoms with Gasteiger partial charge in [0, 0.05) is 6.04 Å². The summed E-state index contributed by atoms with van der Waals surface area (Å²) in [5.74, 6) is -0.167. The van der Waals surface area contributed by atoms with Crippen LogP contribution >= 0.6 is 0 Å². The molecule has 0 saturated carbocycles. The van der Waals surface area contributed by atoms with Gasteiger partial charge in [0.25, 0.3) is 0 Å². The average Bonchev–Trinajstić information content (AvgIpc) is 2.22. The summed E-state index contributed by atoms with van der Waals surface area (Å²) in [6, 6.07) is -0.217. The molecule has 0 radical (unpaired) electrons. The molecule has 0 bridgehead atoms. The molecule has 0 aromatic carbocycles. The molecule has 17 heavy (non-hydrogen) atoms. The fourth-order valence-electron chi connectivity index (χ4n) is 1.79. The Morgan fingerprint density at radius 3 is 1.88 bits per heavy atom. The minimum atomic E-state index is -4.59. The average molecular weight is 253 g/mol. The number of hydrogen-bond acceptors (Lipinski definition) is 2. The first kappa shape index (κ1) is 16.4. The third kappa shape index (κ3) is 5.55. The van der Waals surface area contributed by atoms with Crippen LogP contribution in [0.1, 0.15) is 27.7 Å². The Hall–Kier alpha value is -0.550.